The Morgan fingerprint density at radius 3 is 2.64 bits per heavy atom. The van der Waals surface area contributed by atoms with Gasteiger partial charge in [-0.05, 0) is 55.2 Å². The van der Waals surface area contributed by atoms with E-state index in [2.05, 4.69) is 45.7 Å². The summed E-state index contributed by atoms with van der Waals surface area (Å²) in [5.41, 5.74) is 4.59. The van der Waals surface area contributed by atoms with Crippen molar-refractivity contribution in [3.05, 3.63) is 70.4 Å². The molecule has 0 spiro atoms. The highest BCUT2D eigenvalue weighted by molar-refractivity contribution is 6.30. The maximum Gasteiger partial charge on any atom is 0.249 e. The van der Waals surface area contributed by atoms with E-state index in [0.717, 1.165) is 23.7 Å². The first-order chi connectivity index (χ1) is 12.1. The van der Waals surface area contributed by atoms with E-state index in [1.165, 1.54) is 16.7 Å². The fraction of sp³-hybridized carbons (Fsp3) is 0.211. The molecule has 5 nitrogen and oxygen atoms in total. The number of aryl methyl sites for hydroxylation is 1. The van der Waals surface area contributed by atoms with Gasteiger partial charge in [-0.1, -0.05) is 35.9 Å². The van der Waals surface area contributed by atoms with Gasteiger partial charge in [0, 0.05) is 17.3 Å². The molecule has 0 aliphatic carbocycles. The van der Waals surface area contributed by atoms with Crippen molar-refractivity contribution >= 4 is 29.1 Å². The second-order valence-corrected chi connectivity index (χ2v) is 6.28. The second-order valence-electron chi connectivity index (χ2n) is 5.84. The Labute approximate surface area is 152 Å². The van der Waals surface area contributed by atoms with Gasteiger partial charge in [-0.3, -0.25) is 0 Å². The van der Waals surface area contributed by atoms with Crippen molar-refractivity contribution in [3.63, 3.8) is 0 Å². The topological polar surface area (TPSA) is 62.7 Å². The summed E-state index contributed by atoms with van der Waals surface area (Å²) in [5.74, 6) is 1.17. The summed E-state index contributed by atoms with van der Waals surface area (Å²) in [6.45, 7) is 4.90. The fourth-order valence-corrected chi connectivity index (χ4v) is 2.56. The summed E-state index contributed by atoms with van der Waals surface area (Å²) in [6, 6.07) is 13.9. The lowest BCUT2D eigenvalue weighted by Gasteiger charge is -2.11. The van der Waals surface area contributed by atoms with Crippen LogP contribution in [0, 0.1) is 13.8 Å². The van der Waals surface area contributed by atoms with E-state index in [1.54, 1.807) is 6.20 Å². The van der Waals surface area contributed by atoms with Gasteiger partial charge in [-0.15, -0.1) is 5.10 Å². The molecule has 128 valence electrons. The highest BCUT2D eigenvalue weighted by Crippen LogP contribution is 2.21. The zero-order valence-corrected chi connectivity index (χ0v) is 15.0. The Hall–Kier alpha value is -2.66. The van der Waals surface area contributed by atoms with Gasteiger partial charge in [0.25, 0.3) is 0 Å². The Balaban J connectivity index is 1.61. The van der Waals surface area contributed by atoms with Gasteiger partial charge in [-0.2, -0.15) is 10.1 Å². The number of halogens is 1. The van der Waals surface area contributed by atoms with Crippen molar-refractivity contribution < 1.29 is 0 Å². The van der Waals surface area contributed by atoms with Crippen molar-refractivity contribution in [2.24, 2.45) is 0 Å². The van der Waals surface area contributed by atoms with Crippen LogP contribution >= 0.6 is 11.6 Å². The van der Waals surface area contributed by atoms with Gasteiger partial charge in [-0.25, -0.2) is 0 Å². The number of nitrogens with zero attached hydrogens (tertiary/aromatic N) is 3. The molecule has 0 aliphatic rings. The molecule has 0 amide bonds. The van der Waals surface area contributed by atoms with E-state index < -0.39 is 0 Å². The Kier molecular flexibility index (Phi) is 5.46. The average molecular weight is 354 g/mol. The molecule has 0 unspecified atom stereocenters. The third kappa shape index (κ3) is 4.67. The standard InChI is InChI=1S/C19H20ClN5/c1-13-4-3-5-17(14(13)2)23-19-24-18(12-22-25-19)21-11-10-15-6-8-16(20)9-7-15/h3-9,12H,10-11H2,1-2H3,(H2,21,23,24,25). The lowest BCUT2D eigenvalue weighted by Crippen LogP contribution is -2.09. The number of nitrogens with one attached hydrogen (secondary N) is 2. The molecule has 2 N–H and O–H groups in total. The van der Waals surface area contributed by atoms with Gasteiger partial charge in [0.15, 0.2) is 5.82 Å². The van der Waals surface area contributed by atoms with Gasteiger partial charge >= 0.3 is 0 Å². The molecule has 0 saturated carbocycles. The second kappa shape index (κ2) is 7.94. The quantitative estimate of drug-likeness (QED) is 0.681. The highest BCUT2D eigenvalue weighted by Gasteiger charge is 2.05. The van der Waals surface area contributed by atoms with Crippen LogP contribution in [0.2, 0.25) is 5.02 Å². The van der Waals surface area contributed by atoms with Crippen LogP contribution in [-0.4, -0.2) is 21.7 Å². The van der Waals surface area contributed by atoms with Crippen LogP contribution in [0.3, 0.4) is 0 Å². The van der Waals surface area contributed by atoms with E-state index >= 15 is 0 Å². The zero-order chi connectivity index (χ0) is 17.6. The van der Waals surface area contributed by atoms with Crippen LogP contribution in [0.25, 0.3) is 0 Å². The predicted molar refractivity (Wildman–Crippen MR) is 103 cm³/mol. The Morgan fingerprint density at radius 1 is 1.04 bits per heavy atom. The average Bonchev–Trinajstić information content (AvgIpc) is 2.61. The number of aromatic nitrogens is 3. The zero-order valence-electron chi connectivity index (χ0n) is 14.3. The van der Waals surface area contributed by atoms with Crippen molar-refractivity contribution in [1.29, 1.82) is 0 Å². The van der Waals surface area contributed by atoms with Gasteiger partial charge in [0.05, 0.1) is 6.20 Å². The third-order valence-electron chi connectivity index (χ3n) is 4.04. The Morgan fingerprint density at radius 2 is 1.84 bits per heavy atom. The smallest absolute Gasteiger partial charge is 0.249 e. The summed E-state index contributed by atoms with van der Waals surface area (Å²) in [7, 11) is 0. The van der Waals surface area contributed by atoms with Crippen molar-refractivity contribution in [3.8, 4) is 0 Å². The summed E-state index contributed by atoms with van der Waals surface area (Å²) in [4.78, 5) is 4.47. The van der Waals surface area contributed by atoms with Crippen LogP contribution in [-0.2, 0) is 6.42 Å². The summed E-state index contributed by atoms with van der Waals surface area (Å²) >= 11 is 5.90. The first kappa shape index (κ1) is 17.2. The molecule has 2 aromatic carbocycles. The van der Waals surface area contributed by atoms with Crippen molar-refractivity contribution in [2.45, 2.75) is 20.3 Å². The van der Waals surface area contributed by atoms with Crippen LogP contribution in [0.4, 0.5) is 17.5 Å². The number of hydrogen-bond acceptors (Lipinski definition) is 5. The Bertz CT molecular complexity index is 849. The normalized spacial score (nSPS) is 10.5. The lowest BCUT2D eigenvalue weighted by atomic mass is 10.1. The van der Waals surface area contributed by atoms with Crippen LogP contribution in [0.5, 0.6) is 0 Å². The molecular weight excluding hydrogens is 334 g/mol. The van der Waals surface area contributed by atoms with Crippen molar-refractivity contribution in [1.82, 2.24) is 15.2 Å². The van der Waals surface area contributed by atoms with Crippen LogP contribution in [0.1, 0.15) is 16.7 Å². The SMILES string of the molecule is Cc1cccc(Nc2nncc(NCCc3ccc(Cl)cc3)n2)c1C. The maximum absolute atomic E-state index is 5.90. The third-order valence-corrected chi connectivity index (χ3v) is 4.29. The molecule has 3 rings (SSSR count). The van der Waals surface area contributed by atoms with Gasteiger partial charge in [0.2, 0.25) is 5.95 Å². The number of hydrogen-bond donors (Lipinski definition) is 2. The number of anilines is 3. The number of benzene rings is 2. The molecule has 0 radical (unpaired) electrons. The molecule has 3 aromatic rings. The largest absolute Gasteiger partial charge is 0.368 e. The molecule has 0 saturated heterocycles. The minimum atomic E-state index is 0.477. The van der Waals surface area contributed by atoms with E-state index in [4.69, 9.17) is 11.6 Å². The minimum Gasteiger partial charge on any atom is -0.368 e. The van der Waals surface area contributed by atoms with Crippen LogP contribution in [0.15, 0.2) is 48.7 Å². The monoisotopic (exact) mass is 353 g/mol. The summed E-state index contributed by atoms with van der Waals surface area (Å²) in [5, 5.41) is 15.3. The molecule has 0 atom stereocenters. The van der Waals surface area contributed by atoms with E-state index in [-0.39, 0.29) is 0 Å². The molecular formula is C19H20ClN5. The molecule has 25 heavy (non-hydrogen) atoms. The highest BCUT2D eigenvalue weighted by atomic mass is 35.5. The summed E-state index contributed by atoms with van der Waals surface area (Å²) < 4.78 is 0. The summed E-state index contributed by atoms with van der Waals surface area (Å²) in [6.07, 6.45) is 2.50. The first-order valence-corrected chi connectivity index (χ1v) is 8.51. The first-order valence-electron chi connectivity index (χ1n) is 8.13. The maximum atomic E-state index is 5.90. The molecule has 0 aliphatic heterocycles. The molecule has 0 bridgehead atoms. The van der Waals surface area contributed by atoms with E-state index in [0.29, 0.717) is 11.8 Å². The minimum absolute atomic E-state index is 0.477. The van der Waals surface area contributed by atoms with Crippen LogP contribution < -0.4 is 10.6 Å². The van der Waals surface area contributed by atoms with E-state index in [9.17, 15) is 0 Å². The fourth-order valence-electron chi connectivity index (χ4n) is 2.43. The predicted octanol–water partition coefficient (Wildman–Crippen LogP) is 4.54. The van der Waals surface area contributed by atoms with Gasteiger partial charge < -0.3 is 10.6 Å². The van der Waals surface area contributed by atoms with Crippen molar-refractivity contribution in [2.75, 3.05) is 17.2 Å². The molecule has 1 heterocycles. The molecule has 0 fully saturated rings. The van der Waals surface area contributed by atoms with E-state index in [1.807, 2.05) is 36.4 Å². The molecule has 6 heteroatoms. The lowest BCUT2D eigenvalue weighted by molar-refractivity contribution is 0.950. The number of rotatable bonds is 6. The molecule has 1 aromatic heterocycles. The van der Waals surface area contributed by atoms with Gasteiger partial charge in [0.1, 0.15) is 0 Å².